The fourth-order valence-corrected chi connectivity index (χ4v) is 3.34. The molecule has 1 aromatic heterocycles. The van der Waals surface area contributed by atoms with E-state index in [9.17, 15) is 9.59 Å². The molecule has 2 heterocycles. The molecule has 0 unspecified atom stereocenters. The van der Waals surface area contributed by atoms with Crippen molar-refractivity contribution < 1.29 is 19.1 Å². The van der Waals surface area contributed by atoms with Gasteiger partial charge in [-0.25, -0.2) is 4.98 Å². The zero-order valence-corrected chi connectivity index (χ0v) is 13.1. The number of rotatable bonds is 5. The van der Waals surface area contributed by atoms with E-state index in [0.29, 0.717) is 29.7 Å². The number of aromatic nitrogens is 1. The number of carbonyl (C=O) groups excluding carboxylic acids is 2. The molecule has 2 aromatic rings. The summed E-state index contributed by atoms with van der Waals surface area (Å²) in [6, 6.07) is 5.18. The smallest absolute Gasteiger partial charge is 0.252 e. The summed E-state index contributed by atoms with van der Waals surface area (Å²) in [5.41, 5.74) is 5.70. The summed E-state index contributed by atoms with van der Waals surface area (Å²) in [6.07, 6.45) is 2.56. The van der Waals surface area contributed by atoms with E-state index in [-0.39, 0.29) is 17.9 Å². The predicted molar refractivity (Wildman–Crippen MR) is 85.8 cm³/mol. The van der Waals surface area contributed by atoms with Crippen molar-refractivity contribution in [1.29, 1.82) is 0 Å². The Bertz CT molecular complexity index is 851. The molecule has 1 aliphatic heterocycles. The van der Waals surface area contributed by atoms with Gasteiger partial charge in [0.15, 0.2) is 0 Å². The molecule has 1 aromatic carbocycles. The molecule has 0 bridgehead atoms. The van der Waals surface area contributed by atoms with Gasteiger partial charge in [0.2, 0.25) is 11.8 Å². The van der Waals surface area contributed by atoms with E-state index in [1.165, 1.54) is 7.11 Å². The molecule has 1 aliphatic carbocycles. The van der Waals surface area contributed by atoms with E-state index >= 15 is 0 Å². The summed E-state index contributed by atoms with van der Waals surface area (Å²) in [4.78, 5) is 27.4. The Balaban J connectivity index is 1.63. The topological polar surface area (TPSA) is 104 Å². The molecule has 2 fully saturated rings. The third-order valence-electron chi connectivity index (χ3n) is 4.73. The Kier molecular flexibility index (Phi) is 3.30. The van der Waals surface area contributed by atoms with Crippen molar-refractivity contribution in [3.05, 3.63) is 30.0 Å². The number of pyridine rings is 1. The van der Waals surface area contributed by atoms with Crippen LogP contribution in [0.5, 0.6) is 11.6 Å². The Labute approximate surface area is 138 Å². The highest BCUT2D eigenvalue weighted by Crippen LogP contribution is 2.46. The highest BCUT2D eigenvalue weighted by molar-refractivity contribution is 6.01. The second-order valence-electron chi connectivity index (χ2n) is 6.19. The fourth-order valence-electron chi connectivity index (χ4n) is 3.34. The lowest BCUT2D eigenvalue weighted by Crippen LogP contribution is -2.35. The van der Waals surface area contributed by atoms with Crippen molar-refractivity contribution in [2.45, 2.75) is 12.5 Å². The summed E-state index contributed by atoms with van der Waals surface area (Å²) in [5.74, 6) is 0.930. The molecular formula is C17H17N3O4. The number of methoxy groups -OCH3 is 1. The quantitative estimate of drug-likeness (QED) is 0.847. The molecule has 3 atom stereocenters. The highest BCUT2D eigenvalue weighted by Gasteiger charge is 2.54. The molecule has 2 aliphatic rings. The van der Waals surface area contributed by atoms with Crippen LogP contribution in [0.4, 0.5) is 0 Å². The zero-order valence-electron chi connectivity index (χ0n) is 13.1. The standard InChI is InChI=1S/C17H17N3O4/c1-23-14-6-9-8(4-12(14)15(18)21)2-3-19-17(9)24-7-13-10-5-11(10)16(22)20-13/h2-4,6,10-11,13H,5,7H2,1H3,(H2,18,21)(H,20,22)/t10-,11+,13+/m0/s1. The first-order valence-corrected chi connectivity index (χ1v) is 7.78. The molecule has 3 N–H and O–H groups in total. The number of piperidine rings is 1. The summed E-state index contributed by atoms with van der Waals surface area (Å²) in [5, 5.41) is 4.46. The maximum absolute atomic E-state index is 11.6. The van der Waals surface area contributed by atoms with E-state index in [0.717, 1.165) is 17.2 Å². The third-order valence-corrected chi connectivity index (χ3v) is 4.73. The van der Waals surface area contributed by atoms with Crippen molar-refractivity contribution in [2.75, 3.05) is 13.7 Å². The molecule has 7 nitrogen and oxygen atoms in total. The van der Waals surface area contributed by atoms with Crippen LogP contribution < -0.4 is 20.5 Å². The Morgan fingerprint density at radius 2 is 2.29 bits per heavy atom. The number of amides is 2. The van der Waals surface area contributed by atoms with Crippen LogP contribution in [0, 0.1) is 11.8 Å². The molecule has 4 rings (SSSR count). The summed E-state index contributed by atoms with van der Waals surface area (Å²) < 4.78 is 11.1. The van der Waals surface area contributed by atoms with E-state index in [4.69, 9.17) is 15.2 Å². The molecule has 0 spiro atoms. The largest absolute Gasteiger partial charge is 0.496 e. The Morgan fingerprint density at radius 1 is 1.46 bits per heavy atom. The first-order chi connectivity index (χ1) is 11.6. The van der Waals surface area contributed by atoms with E-state index < -0.39 is 5.91 Å². The van der Waals surface area contributed by atoms with Crippen LogP contribution in [-0.4, -0.2) is 36.6 Å². The van der Waals surface area contributed by atoms with Crippen molar-refractivity contribution >= 4 is 22.6 Å². The summed E-state index contributed by atoms with van der Waals surface area (Å²) in [6.45, 7) is 0.374. The maximum atomic E-state index is 11.6. The number of nitrogens with two attached hydrogens (primary N) is 1. The van der Waals surface area contributed by atoms with Gasteiger partial charge in [-0.1, -0.05) is 0 Å². The number of hydrogen-bond acceptors (Lipinski definition) is 5. The van der Waals surface area contributed by atoms with Crippen molar-refractivity contribution in [3.8, 4) is 11.6 Å². The third kappa shape index (κ3) is 2.33. The predicted octanol–water partition coefficient (Wildman–Crippen LogP) is 0.856. The highest BCUT2D eigenvalue weighted by atomic mass is 16.5. The molecule has 7 heteroatoms. The van der Waals surface area contributed by atoms with Crippen LogP contribution in [0.1, 0.15) is 16.8 Å². The second-order valence-corrected chi connectivity index (χ2v) is 6.19. The number of nitrogens with one attached hydrogen (secondary N) is 1. The lowest BCUT2D eigenvalue weighted by Gasteiger charge is -2.15. The van der Waals surface area contributed by atoms with Gasteiger partial charge in [0.05, 0.1) is 18.7 Å². The number of hydrogen-bond donors (Lipinski definition) is 2. The summed E-state index contributed by atoms with van der Waals surface area (Å²) in [7, 11) is 1.48. The maximum Gasteiger partial charge on any atom is 0.252 e. The molecule has 2 amide bonds. The van der Waals surface area contributed by atoms with Crippen LogP contribution >= 0.6 is 0 Å². The average Bonchev–Trinajstić information content (AvgIpc) is 3.32. The number of benzene rings is 1. The van der Waals surface area contributed by atoms with Crippen LogP contribution in [-0.2, 0) is 4.79 Å². The van der Waals surface area contributed by atoms with Crippen molar-refractivity contribution in [2.24, 2.45) is 17.6 Å². The van der Waals surface area contributed by atoms with Gasteiger partial charge in [-0.05, 0) is 35.9 Å². The van der Waals surface area contributed by atoms with Gasteiger partial charge in [-0.2, -0.15) is 0 Å². The lowest BCUT2D eigenvalue weighted by atomic mass is 10.1. The van der Waals surface area contributed by atoms with E-state index in [2.05, 4.69) is 10.3 Å². The van der Waals surface area contributed by atoms with E-state index in [1.807, 2.05) is 0 Å². The van der Waals surface area contributed by atoms with E-state index in [1.54, 1.807) is 24.4 Å². The molecule has 1 saturated heterocycles. The monoisotopic (exact) mass is 327 g/mol. The SMILES string of the molecule is COc1cc2c(OC[C@H]3NC(=O)[C@@H]4C[C@H]34)nccc2cc1C(N)=O. The minimum absolute atomic E-state index is 0.0337. The van der Waals surface area contributed by atoms with Gasteiger partial charge < -0.3 is 20.5 Å². The Hall–Kier alpha value is -2.83. The number of primary amides is 1. The van der Waals surface area contributed by atoms with Crippen LogP contribution in [0.2, 0.25) is 0 Å². The van der Waals surface area contributed by atoms with Gasteiger partial charge in [0, 0.05) is 17.5 Å². The first kappa shape index (κ1) is 14.7. The number of fused-ring (bicyclic) bond motifs is 2. The van der Waals surface area contributed by atoms with Gasteiger partial charge in [-0.3, -0.25) is 9.59 Å². The zero-order chi connectivity index (χ0) is 16.8. The molecule has 1 saturated carbocycles. The van der Waals surface area contributed by atoms with Gasteiger partial charge in [-0.15, -0.1) is 0 Å². The first-order valence-electron chi connectivity index (χ1n) is 7.78. The van der Waals surface area contributed by atoms with Gasteiger partial charge in [0.25, 0.3) is 5.91 Å². The minimum atomic E-state index is -0.554. The van der Waals surface area contributed by atoms with Gasteiger partial charge in [0.1, 0.15) is 12.4 Å². The number of nitrogens with zero attached hydrogens (tertiary/aromatic N) is 1. The normalized spacial score (nSPS) is 24.4. The Morgan fingerprint density at radius 3 is 2.92 bits per heavy atom. The average molecular weight is 327 g/mol. The molecule has 0 radical (unpaired) electrons. The summed E-state index contributed by atoms with van der Waals surface area (Å²) >= 11 is 0. The van der Waals surface area contributed by atoms with Crippen LogP contribution in [0.15, 0.2) is 24.4 Å². The lowest BCUT2D eigenvalue weighted by molar-refractivity contribution is -0.121. The second kappa shape index (κ2) is 5.36. The number of carbonyl (C=O) groups is 2. The molecular weight excluding hydrogens is 310 g/mol. The molecule has 124 valence electrons. The fraction of sp³-hybridized carbons (Fsp3) is 0.353. The van der Waals surface area contributed by atoms with Crippen LogP contribution in [0.25, 0.3) is 10.8 Å². The molecule has 24 heavy (non-hydrogen) atoms. The van der Waals surface area contributed by atoms with Gasteiger partial charge >= 0.3 is 0 Å². The van der Waals surface area contributed by atoms with Crippen molar-refractivity contribution in [1.82, 2.24) is 10.3 Å². The van der Waals surface area contributed by atoms with Crippen molar-refractivity contribution in [3.63, 3.8) is 0 Å². The minimum Gasteiger partial charge on any atom is -0.496 e. The number of ether oxygens (including phenoxy) is 2. The van der Waals surface area contributed by atoms with Crippen LogP contribution in [0.3, 0.4) is 0 Å².